The van der Waals surface area contributed by atoms with Gasteiger partial charge in [-0.15, -0.1) is 0 Å². The summed E-state index contributed by atoms with van der Waals surface area (Å²) in [7, 11) is 0. The zero-order valence-electron chi connectivity index (χ0n) is 15.7. The fraction of sp³-hybridized carbons (Fsp3) is 0.800. The zero-order valence-corrected chi connectivity index (χ0v) is 15.7. The molecule has 0 amide bonds. The molecule has 0 aliphatic heterocycles. The summed E-state index contributed by atoms with van der Waals surface area (Å²) in [6, 6.07) is 0. The maximum absolute atomic E-state index is 11.7. The Bertz CT molecular complexity index is 350. The number of esters is 2. The van der Waals surface area contributed by atoms with Crippen LogP contribution >= 0.6 is 0 Å². The lowest BCUT2D eigenvalue weighted by atomic mass is 10.1. The molecule has 0 N–H and O–H groups in total. The number of hydrogen-bond donors (Lipinski definition) is 0. The van der Waals surface area contributed by atoms with Crippen LogP contribution in [0.3, 0.4) is 0 Å². The monoisotopic (exact) mass is 340 g/mol. The van der Waals surface area contributed by atoms with Gasteiger partial charge >= 0.3 is 11.9 Å². The number of ether oxygens (including phenoxy) is 2. The van der Waals surface area contributed by atoms with Gasteiger partial charge in [-0.3, -0.25) is 4.79 Å². The first-order valence-electron chi connectivity index (χ1n) is 9.62. The van der Waals surface area contributed by atoms with Crippen molar-refractivity contribution in [2.24, 2.45) is 0 Å². The molecule has 0 atom stereocenters. The summed E-state index contributed by atoms with van der Waals surface area (Å²) < 4.78 is 10.3. The van der Waals surface area contributed by atoms with Gasteiger partial charge in [-0.1, -0.05) is 71.8 Å². The molecule has 0 saturated carbocycles. The molecule has 0 bridgehead atoms. The standard InChI is InChI=1S/C20H36O4/c1-4-6-8-10-12-16-23-19(21)15-14-18(3)20(22)24-17-13-11-9-7-5-2/h3-17H2,1-2H3. The van der Waals surface area contributed by atoms with E-state index in [0.29, 0.717) is 25.2 Å². The molecule has 0 aromatic heterocycles. The first kappa shape index (κ1) is 22.7. The molecule has 0 aromatic rings. The van der Waals surface area contributed by atoms with E-state index in [-0.39, 0.29) is 12.4 Å². The van der Waals surface area contributed by atoms with Crippen molar-refractivity contribution in [2.75, 3.05) is 13.2 Å². The first-order valence-corrected chi connectivity index (χ1v) is 9.62. The lowest BCUT2D eigenvalue weighted by Gasteiger charge is -2.08. The summed E-state index contributed by atoms with van der Waals surface area (Å²) in [6.45, 7) is 8.95. The Morgan fingerprint density at radius 3 is 1.75 bits per heavy atom. The molecule has 0 fully saturated rings. The van der Waals surface area contributed by atoms with Crippen molar-refractivity contribution in [1.29, 1.82) is 0 Å². The molecule has 0 aromatic carbocycles. The Balaban J connectivity index is 3.57. The normalized spacial score (nSPS) is 10.4. The van der Waals surface area contributed by atoms with Crippen LogP contribution in [-0.2, 0) is 19.1 Å². The SMILES string of the molecule is C=C(CCC(=O)OCCCCCCC)C(=O)OCCCCCCC. The Labute approximate surface area is 148 Å². The third-order valence-corrected chi connectivity index (χ3v) is 3.91. The van der Waals surface area contributed by atoms with Crippen molar-refractivity contribution < 1.29 is 19.1 Å². The van der Waals surface area contributed by atoms with E-state index >= 15 is 0 Å². The minimum Gasteiger partial charge on any atom is -0.466 e. The quantitative estimate of drug-likeness (QED) is 0.216. The summed E-state index contributed by atoms with van der Waals surface area (Å²) in [5, 5.41) is 0. The van der Waals surface area contributed by atoms with E-state index in [2.05, 4.69) is 20.4 Å². The molecule has 0 aliphatic rings. The molecule has 0 radical (unpaired) electrons. The van der Waals surface area contributed by atoms with Gasteiger partial charge < -0.3 is 9.47 Å². The van der Waals surface area contributed by atoms with Crippen molar-refractivity contribution in [3.63, 3.8) is 0 Å². The number of carbonyl (C=O) groups is 2. The minimum absolute atomic E-state index is 0.194. The second kappa shape index (κ2) is 16.5. The highest BCUT2D eigenvalue weighted by Gasteiger charge is 2.11. The molecule has 24 heavy (non-hydrogen) atoms. The maximum atomic E-state index is 11.7. The van der Waals surface area contributed by atoms with Crippen molar-refractivity contribution in [1.82, 2.24) is 0 Å². The van der Waals surface area contributed by atoms with Crippen LogP contribution in [-0.4, -0.2) is 25.2 Å². The van der Waals surface area contributed by atoms with Crippen LogP contribution in [0.15, 0.2) is 12.2 Å². The first-order chi connectivity index (χ1) is 11.6. The van der Waals surface area contributed by atoms with Crippen LogP contribution in [0.2, 0.25) is 0 Å². The largest absolute Gasteiger partial charge is 0.466 e. The molecule has 0 aliphatic carbocycles. The van der Waals surface area contributed by atoms with Crippen LogP contribution in [0.4, 0.5) is 0 Å². The third kappa shape index (κ3) is 14.3. The van der Waals surface area contributed by atoms with Gasteiger partial charge in [-0.25, -0.2) is 4.79 Å². The third-order valence-electron chi connectivity index (χ3n) is 3.91. The van der Waals surface area contributed by atoms with E-state index in [9.17, 15) is 9.59 Å². The van der Waals surface area contributed by atoms with Crippen molar-refractivity contribution in [3.8, 4) is 0 Å². The summed E-state index contributed by atoms with van der Waals surface area (Å²) in [4.78, 5) is 23.3. The fourth-order valence-corrected chi connectivity index (χ4v) is 2.29. The Morgan fingerprint density at radius 1 is 0.708 bits per heavy atom. The van der Waals surface area contributed by atoms with Crippen LogP contribution in [0.1, 0.15) is 90.9 Å². The predicted molar refractivity (Wildman–Crippen MR) is 97.8 cm³/mol. The number of hydrogen-bond acceptors (Lipinski definition) is 4. The summed E-state index contributed by atoms with van der Waals surface area (Å²) in [6.07, 6.45) is 11.7. The number of unbranched alkanes of at least 4 members (excludes halogenated alkanes) is 8. The molecule has 0 saturated heterocycles. The van der Waals surface area contributed by atoms with Crippen LogP contribution < -0.4 is 0 Å². The number of rotatable bonds is 16. The van der Waals surface area contributed by atoms with Gasteiger partial charge in [-0.05, 0) is 19.3 Å². The van der Waals surface area contributed by atoms with E-state index < -0.39 is 5.97 Å². The predicted octanol–water partition coefficient (Wildman–Crippen LogP) is 5.35. The van der Waals surface area contributed by atoms with Gasteiger partial charge in [0.2, 0.25) is 0 Å². The fourth-order valence-electron chi connectivity index (χ4n) is 2.29. The van der Waals surface area contributed by atoms with Crippen LogP contribution in [0, 0.1) is 0 Å². The maximum Gasteiger partial charge on any atom is 0.333 e. The van der Waals surface area contributed by atoms with Gasteiger partial charge in [0, 0.05) is 12.0 Å². The molecular weight excluding hydrogens is 304 g/mol. The second-order valence-electron chi connectivity index (χ2n) is 6.29. The smallest absolute Gasteiger partial charge is 0.333 e. The van der Waals surface area contributed by atoms with Crippen LogP contribution in [0.5, 0.6) is 0 Å². The Hall–Kier alpha value is -1.32. The van der Waals surface area contributed by atoms with Crippen molar-refractivity contribution in [3.05, 3.63) is 12.2 Å². The highest BCUT2D eigenvalue weighted by molar-refractivity contribution is 5.88. The van der Waals surface area contributed by atoms with E-state index in [4.69, 9.17) is 9.47 Å². The topological polar surface area (TPSA) is 52.6 Å². The van der Waals surface area contributed by atoms with E-state index in [1.807, 2.05) is 0 Å². The van der Waals surface area contributed by atoms with E-state index in [1.54, 1.807) is 0 Å². The molecule has 0 rings (SSSR count). The molecule has 0 heterocycles. The zero-order chi connectivity index (χ0) is 18.0. The van der Waals surface area contributed by atoms with Crippen molar-refractivity contribution >= 4 is 11.9 Å². The average molecular weight is 341 g/mol. The highest BCUT2D eigenvalue weighted by Crippen LogP contribution is 2.09. The lowest BCUT2D eigenvalue weighted by Crippen LogP contribution is -2.11. The van der Waals surface area contributed by atoms with E-state index in [1.165, 1.54) is 38.5 Å². The number of carbonyl (C=O) groups excluding carboxylic acids is 2. The molecule has 4 nitrogen and oxygen atoms in total. The Morgan fingerprint density at radius 2 is 1.21 bits per heavy atom. The van der Waals surface area contributed by atoms with Gasteiger partial charge in [0.25, 0.3) is 0 Å². The summed E-state index contributed by atoms with van der Waals surface area (Å²) in [5.41, 5.74) is 0.350. The minimum atomic E-state index is -0.391. The average Bonchev–Trinajstić information content (AvgIpc) is 2.58. The molecular formula is C20H36O4. The Kier molecular flexibility index (Phi) is 15.6. The second-order valence-corrected chi connectivity index (χ2v) is 6.29. The van der Waals surface area contributed by atoms with Gasteiger partial charge in [-0.2, -0.15) is 0 Å². The summed E-state index contributed by atoms with van der Waals surface area (Å²) in [5.74, 6) is -0.656. The molecule has 4 heteroatoms. The molecule has 0 unspecified atom stereocenters. The van der Waals surface area contributed by atoms with Gasteiger partial charge in [0.05, 0.1) is 13.2 Å². The lowest BCUT2D eigenvalue weighted by molar-refractivity contribution is -0.143. The molecule has 0 spiro atoms. The molecule has 140 valence electrons. The van der Waals surface area contributed by atoms with Gasteiger partial charge in [0.15, 0.2) is 0 Å². The van der Waals surface area contributed by atoms with E-state index in [0.717, 1.165) is 25.7 Å². The summed E-state index contributed by atoms with van der Waals surface area (Å²) >= 11 is 0. The van der Waals surface area contributed by atoms with Crippen LogP contribution in [0.25, 0.3) is 0 Å². The highest BCUT2D eigenvalue weighted by atomic mass is 16.5. The van der Waals surface area contributed by atoms with Gasteiger partial charge in [0.1, 0.15) is 0 Å². The van der Waals surface area contributed by atoms with Crippen molar-refractivity contribution in [2.45, 2.75) is 90.9 Å².